The maximum atomic E-state index is 5.19. The molecule has 1 fully saturated rings. The summed E-state index contributed by atoms with van der Waals surface area (Å²) in [6.07, 6.45) is 0. The van der Waals surface area contributed by atoms with E-state index in [1.54, 1.807) is 0 Å². The topological polar surface area (TPSA) is 63.8 Å². The first-order chi connectivity index (χ1) is 6.40. The maximum Gasteiger partial charge on any atom is 0.348 e. The fourth-order valence-corrected chi connectivity index (χ4v) is 1.16. The van der Waals surface area contributed by atoms with Gasteiger partial charge >= 0.3 is 6.01 Å². The third-order valence-corrected chi connectivity index (χ3v) is 1.83. The minimum Gasteiger partial charge on any atom is -0.378 e. The summed E-state index contributed by atoms with van der Waals surface area (Å²) >= 11 is 0. The first-order valence-electron chi connectivity index (χ1n) is 4.03. The van der Waals surface area contributed by atoms with Gasteiger partial charge in [0, 0.05) is 13.1 Å². The number of aliphatic imine (C=N–C) groups is 1. The van der Waals surface area contributed by atoms with Crippen LogP contribution in [-0.4, -0.2) is 43.2 Å². The molecule has 0 atom stereocenters. The molecule has 1 aromatic heterocycles. The van der Waals surface area contributed by atoms with Crippen molar-refractivity contribution in [3.05, 3.63) is 0 Å². The van der Waals surface area contributed by atoms with Crippen molar-refractivity contribution >= 4 is 18.7 Å². The highest BCUT2D eigenvalue weighted by Gasteiger charge is 2.16. The molecule has 6 nitrogen and oxygen atoms in total. The summed E-state index contributed by atoms with van der Waals surface area (Å²) in [6, 6.07) is 0.210. The van der Waals surface area contributed by atoms with Crippen LogP contribution in [0.2, 0.25) is 0 Å². The van der Waals surface area contributed by atoms with Crippen molar-refractivity contribution in [2.45, 2.75) is 0 Å². The lowest BCUT2D eigenvalue weighted by molar-refractivity contribution is 0.121. The molecule has 1 aliphatic rings. The Balaban J connectivity index is 2.09. The number of ether oxygens (including phenoxy) is 1. The summed E-state index contributed by atoms with van der Waals surface area (Å²) < 4.78 is 9.98. The van der Waals surface area contributed by atoms with E-state index in [4.69, 9.17) is 9.26 Å². The van der Waals surface area contributed by atoms with Gasteiger partial charge in [-0.2, -0.15) is 4.98 Å². The second-order valence-corrected chi connectivity index (χ2v) is 2.63. The van der Waals surface area contributed by atoms with Gasteiger partial charge < -0.3 is 14.2 Å². The van der Waals surface area contributed by atoms with Crippen molar-refractivity contribution in [3.63, 3.8) is 0 Å². The molecule has 0 amide bonds. The maximum absolute atomic E-state index is 5.19. The van der Waals surface area contributed by atoms with Gasteiger partial charge in [0.1, 0.15) is 0 Å². The van der Waals surface area contributed by atoms with Gasteiger partial charge in [-0.05, 0) is 11.9 Å². The van der Waals surface area contributed by atoms with E-state index in [0.717, 1.165) is 13.1 Å². The van der Waals surface area contributed by atoms with Crippen LogP contribution in [0.5, 0.6) is 0 Å². The summed E-state index contributed by atoms with van der Waals surface area (Å²) in [6.45, 7) is 6.28. The molecule has 13 heavy (non-hydrogen) atoms. The van der Waals surface area contributed by atoms with Crippen molar-refractivity contribution in [2.75, 3.05) is 31.2 Å². The van der Waals surface area contributed by atoms with Crippen LogP contribution in [0.1, 0.15) is 0 Å². The largest absolute Gasteiger partial charge is 0.378 e. The third-order valence-electron chi connectivity index (χ3n) is 1.83. The first kappa shape index (κ1) is 8.18. The van der Waals surface area contributed by atoms with E-state index in [2.05, 4.69) is 21.9 Å². The zero-order valence-electron chi connectivity index (χ0n) is 7.14. The van der Waals surface area contributed by atoms with Crippen molar-refractivity contribution in [2.24, 2.45) is 4.99 Å². The van der Waals surface area contributed by atoms with Gasteiger partial charge in [-0.15, -0.1) is 0 Å². The van der Waals surface area contributed by atoms with E-state index in [9.17, 15) is 0 Å². The summed E-state index contributed by atoms with van der Waals surface area (Å²) in [7, 11) is 0. The molecule has 0 N–H and O–H groups in total. The highest BCUT2D eigenvalue weighted by Crippen LogP contribution is 2.15. The first-order valence-corrected chi connectivity index (χ1v) is 4.03. The van der Waals surface area contributed by atoms with Crippen LogP contribution in [0.15, 0.2) is 9.52 Å². The smallest absolute Gasteiger partial charge is 0.348 e. The van der Waals surface area contributed by atoms with Crippen molar-refractivity contribution in [1.82, 2.24) is 10.1 Å². The Morgan fingerprint density at radius 1 is 1.38 bits per heavy atom. The van der Waals surface area contributed by atoms with Crippen LogP contribution in [0.3, 0.4) is 0 Å². The Morgan fingerprint density at radius 2 is 2.15 bits per heavy atom. The van der Waals surface area contributed by atoms with E-state index in [0.29, 0.717) is 19.2 Å². The van der Waals surface area contributed by atoms with Crippen LogP contribution >= 0.6 is 0 Å². The molecular weight excluding hydrogens is 172 g/mol. The predicted octanol–water partition coefficient (Wildman–Crippen LogP) is 0.238. The highest BCUT2D eigenvalue weighted by atomic mass is 16.5. The van der Waals surface area contributed by atoms with Gasteiger partial charge in [0.05, 0.1) is 13.2 Å². The zero-order chi connectivity index (χ0) is 9.10. The number of morpholine rings is 1. The fraction of sp³-hybridized carbons (Fsp3) is 0.571. The van der Waals surface area contributed by atoms with Crippen LogP contribution in [0.25, 0.3) is 0 Å². The SMILES string of the molecule is C=Nc1nc(N2CCOCC2)no1. The van der Waals surface area contributed by atoms with Gasteiger partial charge in [-0.25, -0.2) is 4.99 Å². The summed E-state index contributed by atoms with van der Waals surface area (Å²) in [5.74, 6) is 0.561. The van der Waals surface area contributed by atoms with Crippen molar-refractivity contribution < 1.29 is 9.26 Å². The lowest BCUT2D eigenvalue weighted by atomic mass is 10.4. The lowest BCUT2D eigenvalue weighted by Crippen LogP contribution is -2.36. The van der Waals surface area contributed by atoms with Crippen LogP contribution in [0.4, 0.5) is 12.0 Å². The summed E-state index contributed by atoms with van der Waals surface area (Å²) in [4.78, 5) is 9.54. The van der Waals surface area contributed by atoms with Crippen LogP contribution in [0, 0.1) is 0 Å². The second kappa shape index (κ2) is 3.53. The monoisotopic (exact) mass is 182 g/mol. The average Bonchev–Trinajstić information content (AvgIpc) is 2.67. The summed E-state index contributed by atoms with van der Waals surface area (Å²) in [5, 5.41) is 3.76. The standard InChI is InChI=1S/C7H10N4O2/c1-8-7-9-6(10-13-7)11-2-4-12-5-3-11/h1-5H2. The van der Waals surface area contributed by atoms with Gasteiger partial charge in [0.15, 0.2) is 0 Å². The van der Waals surface area contributed by atoms with E-state index in [1.807, 2.05) is 4.90 Å². The highest BCUT2D eigenvalue weighted by molar-refractivity contribution is 5.37. The Bertz CT molecular complexity index is 292. The van der Waals surface area contributed by atoms with Gasteiger partial charge in [-0.1, -0.05) is 0 Å². The molecule has 6 heteroatoms. The molecule has 0 aliphatic carbocycles. The minimum absolute atomic E-state index is 0.210. The van der Waals surface area contributed by atoms with E-state index in [-0.39, 0.29) is 6.01 Å². The molecule has 0 saturated carbocycles. The quantitative estimate of drug-likeness (QED) is 0.613. The Kier molecular flexibility index (Phi) is 2.22. The number of nitrogens with zero attached hydrogens (tertiary/aromatic N) is 4. The van der Waals surface area contributed by atoms with Gasteiger partial charge in [0.2, 0.25) is 0 Å². The van der Waals surface area contributed by atoms with Gasteiger partial charge in [-0.3, -0.25) is 0 Å². The molecule has 70 valence electrons. The Morgan fingerprint density at radius 3 is 2.77 bits per heavy atom. The van der Waals surface area contributed by atoms with Crippen LogP contribution < -0.4 is 4.90 Å². The summed E-state index contributed by atoms with van der Waals surface area (Å²) in [5.41, 5.74) is 0. The molecule has 0 aromatic carbocycles. The second-order valence-electron chi connectivity index (χ2n) is 2.63. The van der Waals surface area contributed by atoms with Crippen molar-refractivity contribution in [1.29, 1.82) is 0 Å². The Hall–Kier alpha value is -1.43. The Labute approximate surface area is 75.2 Å². The molecule has 0 bridgehead atoms. The van der Waals surface area contributed by atoms with E-state index < -0.39 is 0 Å². The number of aromatic nitrogens is 2. The zero-order valence-corrected chi connectivity index (χ0v) is 7.14. The fourth-order valence-electron chi connectivity index (χ4n) is 1.16. The molecule has 1 aliphatic heterocycles. The van der Waals surface area contributed by atoms with E-state index >= 15 is 0 Å². The molecular formula is C7H10N4O2. The lowest BCUT2D eigenvalue weighted by Gasteiger charge is -2.24. The minimum atomic E-state index is 0.210. The molecule has 1 aromatic rings. The van der Waals surface area contributed by atoms with Crippen molar-refractivity contribution in [3.8, 4) is 0 Å². The molecule has 2 heterocycles. The number of anilines is 1. The molecule has 0 unspecified atom stereocenters. The van der Waals surface area contributed by atoms with E-state index in [1.165, 1.54) is 0 Å². The molecule has 2 rings (SSSR count). The molecule has 1 saturated heterocycles. The third kappa shape index (κ3) is 1.67. The predicted molar refractivity (Wildman–Crippen MR) is 46.5 cm³/mol. The number of rotatable bonds is 2. The number of hydrogen-bond acceptors (Lipinski definition) is 6. The molecule has 0 spiro atoms. The normalized spacial score (nSPS) is 17.4. The van der Waals surface area contributed by atoms with Gasteiger partial charge in [0.25, 0.3) is 5.95 Å². The average molecular weight is 182 g/mol. The van der Waals surface area contributed by atoms with Crippen LogP contribution in [-0.2, 0) is 4.74 Å². The number of hydrogen-bond donors (Lipinski definition) is 0. The molecule has 0 radical (unpaired) electrons.